The highest BCUT2D eigenvalue weighted by Crippen LogP contribution is 2.20. The number of carbonyl (C=O) groups excluding carboxylic acids is 2. The molecule has 1 heterocycles. The lowest BCUT2D eigenvalue weighted by atomic mass is 10.2. The minimum atomic E-state index is -0.165. The van der Waals surface area contributed by atoms with Gasteiger partial charge < -0.3 is 16.0 Å². The molecule has 3 N–H and O–H groups in total. The van der Waals surface area contributed by atoms with Gasteiger partial charge in [0.1, 0.15) is 0 Å². The third-order valence-electron chi connectivity index (χ3n) is 3.07. The molecule has 1 aromatic carbocycles. The average molecular weight is 298 g/mol. The zero-order chi connectivity index (χ0) is 13.8. The number of nitrogens with two attached hydrogens (primary N) is 1. The van der Waals surface area contributed by atoms with Crippen molar-refractivity contribution in [1.82, 2.24) is 5.32 Å². The van der Waals surface area contributed by atoms with Crippen molar-refractivity contribution in [2.75, 3.05) is 11.4 Å². The largest absolute Gasteiger partial charge is 0.351 e. The summed E-state index contributed by atoms with van der Waals surface area (Å²) in [6.07, 6.45) is 0.635. The Morgan fingerprint density at radius 2 is 2.10 bits per heavy atom. The van der Waals surface area contributed by atoms with Crippen molar-refractivity contribution in [3.8, 4) is 0 Å². The second-order valence-corrected chi connectivity index (χ2v) is 4.99. The quantitative estimate of drug-likeness (QED) is 0.873. The maximum Gasteiger partial charge on any atom is 0.229 e. The van der Waals surface area contributed by atoms with Crippen molar-refractivity contribution in [1.29, 1.82) is 0 Å². The van der Waals surface area contributed by atoms with Crippen LogP contribution in [-0.2, 0) is 9.59 Å². The zero-order valence-electron chi connectivity index (χ0n) is 11.4. The number of anilines is 1. The first-order valence-electron chi connectivity index (χ1n) is 6.46. The van der Waals surface area contributed by atoms with E-state index in [4.69, 9.17) is 5.73 Å². The summed E-state index contributed by atoms with van der Waals surface area (Å²) in [6.45, 7) is 2.31. The van der Waals surface area contributed by atoms with Crippen molar-refractivity contribution in [3.05, 3.63) is 30.3 Å². The molecule has 2 rings (SSSR count). The van der Waals surface area contributed by atoms with E-state index >= 15 is 0 Å². The highest BCUT2D eigenvalue weighted by molar-refractivity contribution is 5.96. The number of nitrogens with one attached hydrogen (secondary N) is 1. The smallest absolute Gasteiger partial charge is 0.229 e. The second kappa shape index (κ2) is 7.26. The first kappa shape index (κ1) is 16.5. The first-order valence-corrected chi connectivity index (χ1v) is 6.46. The number of para-hydroxylation sites is 1. The summed E-state index contributed by atoms with van der Waals surface area (Å²) in [4.78, 5) is 25.3. The minimum Gasteiger partial charge on any atom is -0.351 e. The van der Waals surface area contributed by atoms with Crippen LogP contribution in [0.3, 0.4) is 0 Å². The van der Waals surface area contributed by atoms with Crippen LogP contribution >= 0.6 is 12.4 Å². The maximum atomic E-state index is 11.9. The Morgan fingerprint density at radius 3 is 2.70 bits per heavy atom. The van der Waals surface area contributed by atoms with Crippen LogP contribution in [0.5, 0.6) is 0 Å². The van der Waals surface area contributed by atoms with Gasteiger partial charge in [-0.3, -0.25) is 9.59 Å². The molecule has 0 aromatic heterocycles. The minimum absolute atomic E-state index is 0. The molecule has 6 heteroatoms. The van der Waals surface area contributed by atoms with Gasteiger partial charge in [0.15, 0.2) is 0 Å². The molecule has 0 bridgehead atoms. The lowest BCUT2D eigenvalue weighted by molar-refractivity contribution is -0.122. The summed E-state index contributed by atoms with van der Waals surface area (Å²) in [5.41, 5.74) is 6.45. The molecule has 2 unspecified atom stereocenters. The van der Waals surface area contributed by atoms with Gasteiger partial charge in [-0.15, -0.1) is 12.4 Å². The molecule has 1 saturated heterocycles. The molecule has 2 atom stereocenters. The van der Waals surface area contributed by atoms with Crippen molar-refractivity contribution in [2.24, 2.45) is 5.73 Å². The van der Waals surface area contributed by atoms with Gasteiger partial charge in [-0.05, 0) is 19.1 Å². The van der Waals surface area contributed by atoms with Crippen LogP contribution < -0.4 is 16.0 Å². The molecule has 1 aliphatic rings. The fourth-order valence-electron chi connectivity index (χ4n) is 2.24. The number of amides is 2. The maximum absolute atomic E-state index is 11.9. The van der Waals surface area contributed by atoms with E-state index in [-0.39, 0.29) is 42.7 Å². The molecule has 0 aliphatic carbocycles. The molecule has 0 radical (unpaired) electrons. The number of rotatable bonds is 4. The van der Waals surface area contributed by atoms with Gasteiger partial charge in [-0.25, -0.2) is 0 Å². The summed E-state index contributed by atoms with van der Waals surface area (Å²) in [5, 5.41) is 2.86. The van der Waals surface area contributed by atoms with Crippen LogP contribution in [0.4, 0.5) is 5.69 Å². The van der Waals surface area contributed by atoms with Gasteiger partial charge in [0.25, 0.3) is 0 Å². The molecule has 5 nitrogen and oxygen atoms in total. The Balaban J connectivity index is 0.00000200. The van der Waals surface area contributed by atoms with E-state index in [0.29, 0.717) is 13.0 Å². The third-order valence-corrected chi connectivity index (χ3v) is 3.07. The summed E-state index contributed by atoms with van der Waals surface area (Å²) >= 11 is 0. The lowest BCUT2D eigenvalue weighted by Gasteiger charge is -2.17. The molecule has 2 amide bonds. The second-order valence-electron chi connectivity index (χ2n) is 4.99. The lowest BCUT2D eigenvalue weighted by Crippen LogP contribution is -2.39. The van der Waals surface area contributed by atoms with Gasteiger partial charge in [-0.1, -0.05) is 18.2 Å². The molecular weight excluding hydrogens is 278 g/mol. The topological polar surface area (TPSA) is 75.4 Å². The van der Waals surface area contributed by atoms with Gasteiger partial charge in [-0.2, -0.15) is 0 Å². The van der Waals surface area contributed by atoms with Gasteiger partial charge in [0.05, 0.1) is 6.04 Å². The van der Waals surface area contributed by atoms with Crippen molar-refractivity contribution in [3.63, 3.8) is 0 Å². The monoisotopic (exact) mass is 297 g/mol. The van der Waals surface area contributed by atoms with Crippen LogP contribution in [0.25, 0.3) is 0 Å². The number of nitrogens with zero attached hydrogens (tertiary/aromatic N) is 1. The van der Waals surface area contributed by atoms with Gasteiger partial charge in [0, 0.05) is 31.1 Å². The zero-order valence-corrected chi connectivity index (χ0v) is 12.2. The van der Waals surface area contributed by atoms with E-state index in [9.17, 15) is 9.59 Å². The normalized spacial score (nSPS) is 19.4. The van der Waals surface area contributed by atoms with E-state index in [2.05, 4.69) is 5.32 Å². The van der Waals surface area contributed by atoms with Crippen LogP contribution in [0.2, 0.25) is 0 Å². The van der Waals surface area contributed by atoms with E-state index < -0.39 is 0 Å². The average Bonchev–Trinajstić information content (AvgIpc) is 2.70. The van der Waals surface area contributed by atoms with E-state index in [0.717, 1.165) is 5.69 Å². The summed E-state index contributed by atoms with van der Waals surface area (Å²) in [6, 6.07) is 9.19. The number of carbonyl (C=O) groups is 2. The third kappa shape index (κ3) is 4.21. The fourth-order valence-corrected chi connectivity index (χ4v) is 2.24. The van der Waals surface area contributed by atoms with Crippen molar-refractivity contribution < 1.29 is 9.59 Å². The standard InChI is InChI=1S/C14H19N3O2.ClH/c1-10(15)7-13(18)16-11-8-14(19)17(9-11)12-5-3-2-4-6-12;/h2-6,10-11H,7-9,15H2,1H3,(H,16,18);1H. The van der Waals surface area contributed by atoms with E-state index in [1.54, 1.807) is 11.8 Å². The van der Waals surface area contributed by atoms with Gasteiger partial charge in [0.2, 0.25) is 11.8 Å². The van der Waals surface area contributed by atoms with Crippen LogP contribution in [0.15, 0.2) is 30.3 Å². The van der Waals surface area contributed by atoms with Crippen LogP contribution in [0, 0.1) is 0 Å². The Morgan fingerprint density at radius 1 is 1.45 bits per heavy atom. The van der Waals surface area contributed by atoms with E-state index in [1.807, 2.05) is 30.3 Å². The Bertz CT molecular complexity index is 465. The van der Waals surface area contributed by atoms with Crippen molar-refractivity contribution in [2.45, 2.75) is 31.8 Å². The van der Waals surface area contributed by atoms with Crippen molar-refractivity contribution >= 4 is 29.9 Å². The van der Waals surface area contributed by atoms with Crippen LogP contribution in [0.1, 0.15) is 19.8 Å². The molecule has 0 saturated carbocycles. The Hall–Kier alpha value is -1.59. The first-order chi connectivity index (χ1) is 9.06. The summed E-state index contributed by atoms with van der Waals surface area (Å²) in [7, 11) is 0. The Labute approximate surface area is 124 Å². The number of hydrogen-bond donors (Lipinski definition) is 2. The van der Waals surface area contributed by atoms with Crippen LogP contribution in [-0.4, -0.2) is 30.4 Å². The fraction of sp³-hybridized carbons (Fsp3) is 0.429. The SMILES string of the molecule is CC(N)CC(=O)NC1CC(=O)N(c2ccccc2)C1.Cl. The highest BCUT2D eigenvalue weighted by Gasteiger charge is 2.31. The predicted octanol–water partition coefficient (Wildman–Crippen LogP) is 1.07. The molecular formula is C14H20ClN3O2. The number of hydrogen-bond acceptors (Lipinski definition) is 3. The number of benzene rings is 1. The molecule has 1 aliphatic heterocycles. The molecule has 0 spiro atoms. The molecule has 110 valence electrons. The highest BCUT2D eigenvalue weighted by atomic mass is 35.5. The number of halogens is 1. The molecule has 20 heavy (non-hydrogen) atoms. The summed E-state index contributed by atoms with van der Waals surface area (Å²) < 4.78 is 0. The Kier molecular flexibility index (Phi) is 5.98. The summed E-state index contributed by atoms with van der Waals surface area (Å²) in [5.74, 6) is -0.0555. The molecule has 1 aromatic rings. The van der Waals surface area contributed by atoms with E-state index in [1.165, 1.54) is 0 Å². The molecule has 1 fully saturated rings. The van der Waals surface area contributed by atoms with Gasteiger partial charge >= 0.3 is 0 Å². The predicted molar refractivity (Wildman–Crippen MR) is 80.9 cm³/mol.